The van der Waals surface area contributed by atoms with Gasteiger partial charge in [0.1, 0.15) is 6.07 Å². The molecule has 0 aliphatic rings. The van der Waals surface area contributed by atoms with Crippen molar-refractivity contribution in [3.05, 3.63) is 27.9 Å². The molecule has 0 radical (unpaired) electrons. The molecule has 0 fully saturated rings. The van der Waals surface area contributed by atoms with Gasteiger partial charge in [0, 0.05) is 25.4 Å². The molecule has 7 heteroatoms. The van der Waals surface area contributed by atoms with Gasteiger partial charge in [0.2, 0.25) is 5.82 Å². The summed E-state index contributed by atoms with van der Waals surface area (Å²) in [5, 5.41) is 25.5. The minimum Gasteiger partial charge on any atom is -0.363 e. The number of pyridine rings is 1. The van der Waals surface area contributed by atoms with Gasteiger partial charge in [-0.05, 0) is 13.0 Å². The van der Waals surface area contributed by atoms with E-state index in [1.165, 1.54) is 12.3 Å². The van der Waals surface area contributed by atoms with E-state index >= 15 is 0 Å². The van der Waals surface area contributed by atoms with Crippen molar-refractivity contribution in [3.63, 3.8) is 0 Å². The molecule has 1 heterocycles. The van der Waals surface area contributed by atoms with Crippen molar-refractivity contribution in [1.82, 2.24) is 10.3 Å². The Bertz CT molecular complexity index is 455. The molecule has 0 aliphatic carbocycles. The second-order valence-corrected chi connectivity index (χ2v) is 3.64. The normalized spacial score (nSPS) is 9.78. The first-order chi connectivity index (χ1) is 8.69. The molecule has 0 atom stereocenters. The van der Waals surface area contributed by atoms with Crippen LogP contribution in [0.5, 0.6) is 0 Å². The van der Waals surface area contributed by atoms with E-state index in [4.69, 9.17) is 5.26 Å². The van der Waals surface area contributed by atoms with Gasteiger partial charge >= 0.3 is 5.69 Å². The summed E-state index contributed by atoms with van der Waals surface area (Å²) in [6.07, 6.45) is 2.35. The Labute approximate surface area is 105 Å². The summed E-state index contributed by atoms with van der Waals surface area (Å²) in [7, 11) is 0. The van der Waals surface area contributed by atoms with Gasteiger partial charge in [-0.15, -0.1) is 0 Å². The minimum atomic E-state index is -0.546. The Morgan fingerprint density at radius 3 is 2.89 bits per heavy atom. The third-order valence-electron chi connectivity index (χ3n) is 2.21. The van der Waals surface area contributed by atoms with Crippen LogP contribution in [-0.2, 0) is 0 Å². The van der Waals surface area contributed by atoms with Crippen molar-refractivity contribution in [3.8, 4) is 6.07 Å². The van der Waals surface area contributed by atoms with E-state index in [0.29, 0.717) is 13.1 Å². The first-order valence-corrected chi connectivity index (χ1v) is 5.68. The molecule has 0 spiro atoms. The lowest BCUT2D eigenvalue weighted by molar-refractivity contribution is -0.384. The molecule has 1 aromatic heterocycles. The van der Waals surface area contributed by atoms with Crippen LogP contribution >= 0.6 is 0 Å². The lowest BCUT2D eigenvalue weighted by Crippen LogP contribution is -2.23. The number of rotatable bonds is 7. The second-order valence-electron chi connectivity index (χ2n) is 3.64. The minimum absolute atomic E-state index is 0.176. The molecular weight excluding hydrogens is 234 g/mol. The van der Waals surface area contributed by atoms with Gasteiger partial charge in [0.25, 0.3) is 0 Å². The summed E-state index contributed by atoms with van der Waals surface area (Å²) < 4.78 is 0. The van der Waals surface area contributed by atoms with E-state index in [2.05, 4.69) is 22.5 Å². The summed E-state index contributed by atoms with van der Waals surface area (Å²) in [5.41, 5.74) is 0.000833. The number of nitriles is 1. The zero-order valence-electron chi connectivity index (χ0n) is 10.1. The molecule has 0 amide bonds. The predicted octanol–water partition coefficient (Wildman–Crippen LogP) is 1.27. The number of hydrogen-bond acceptors (Lipinski definition) is 6. The highest BCUT2D eigenvalue weighted by atomic mass is 16.6. The van der Waals surface area contributed by atoms with Crippen molar-refractivity contribution in [2.75, 3.05) is 25.0 Å². The number of hydrogen-bond donors (Lipinski definition) is 2. The zero-order chi connectivity index (χ0) is 13.4. The molecule has 18 heavy (non-hydrogen) atoms. The first kappa shape index (κ1) is 13.9. The van der Waals surface area contributed by atoms with Gasteiger partial charge in [0.15, 0.2) is 0 Å². The van der Waals surface area contributed by atoms with Crippen LogP contribution in [0.25, 0.3) is 0 Å². The summed E-state index contributed by atoms with van der Waals surface area (Å²) in [5.74, 6) is 0.192. The third-order valence-corrected chi connectivity index (χ3v) is 2.21. The Morgan fingerprint density at radius 1 is 1.50 bits per heavy atom. The standard InChI is InChI=1S/C11H15N5O2/c1-2-3-13-4-5-14-11-10(16(17)18)6-9(7-12)8-15-11/h6,8,13H,2-5H2,1H3,(H,14,15). The van der Waals surface area contributed by atoms with E-state index in [1.807, 2.05) is 6.07 Å². The Hall–Kier alpha value is -2.20. The summed E-state index contributed by atoms with van der Waals surface area (Å²) in [6, 6.07) is 3.04. The van der Waals surface area contributed by atoms with Crippen molar-refractivity contribution in [1.29, 1.82) is 5.26 Å². The third kappa shape index (κ3) is 3.99. The maximum Gasteiger partial charge on any atom is 0.312 e. The van der Waals surface area contributed by atoms with Gasteiger partial charge in [0.05, 0.1) is 10.5 Å². The average molecular weight is 249 g/mol. The van der Waals surface area contributed by atoms with E-state index in [-0.39, 0.29) is 17.1 Å². The van der Waals surface area contributed by atoms with Crippen molar-refractivity contribution in [2.24, 2.45) is 0 Å². The summed E-state index contributed by atoms with van der Waals surface area (Å²) in [4.78, 5) is 14.2. The smallest absolute Gasteiger partial charge is 0.312 e. The molecule has 1 rings (SSSR count). The quantitative estimate of drug-likeness (QED) is 0.428. The van der Waals surface area contributed by atoms with Crippen LogP contribution in [0.2, 0.25) is 0 Å². The number of anilines is 1. The number of nitro groups is 1. The highest BCUT2D eigenvalue weighted by Crippen LogP contribution is 2.21. The molecule has 0 bridgehead atoms. The zero-order valence-corrected chi connectivity index (χ0v) is 10.1. The number of nitrogens with one attached hydrogen (secondary N) is 2. The van der Waals surface area contributed by atoms with Crippen molar-refractivity contribution < 1.29 is 4.92 Å². The summed E-state index contributed by atoms with van der Waals surface area (Å²) >= 11 is 0. The van der Waals surface area contributed by atoms with Crippen LogP contribution in [-0.4, -0.2) is 29.5 Å². The molecule has 96 valence electrons. The molecule has 0 aliphatic heterocycles. The monoisotopic (exact) mass is 249 g/mol. The second kappa shape index (κ2) is 7.19. The Kier molecular flexibility index (Phi) is 5.54. The van der Waals surface area contributed by atoms with Gasteiger partial charge in [-0.25, -0.2) is 4.98 Å². The summed E-state index contributed by atoms with van der Waals surface area (Å²) in [6.45, 7) is 4.21. The van der Waals surface area contributed by atoms with Gasteiger partial charge < -0.3 is 10.6 Å². The average Bonchev–Trinajstić information content (AvgIpc) is 2.38. The van der Waals surface area contributed by atoms with Crippen LogP contribution in [0.15, 0.2) is 12.3 Å². The number of nitrogens with zero attached hydrogens (tertiary/aromatic N) is 3. The highest BCUT2D eigenvalue weighted by molar-refractivity contribution is 5.58. The maximum atomic E-state index is 10.8. The van der Waals surface area contributed by atoms with Gasteiger partial charge in [-0.1, -0.05) is 6.92 Å². The molecule has 7 nitrogen and oxygen atoms in total. The predicted molar refractivity (Wildman–Crippen MR) is 67.3 cm³/mol. The topological polar surface area (TPSA) is 104 Å². The van der Waals surface area contributed by atoms with Crippen molar-refractivity contribution in [2.45, 2.75) is 13.3 Å². The molecule has 0 aromatic carbocycles. The van der Waals surface area contributed by atoms with E-state index in [1.54, 1.807) is 0 Å². The van der Waals surface area contributed by atoms with E-state index in [0.717, 1.165) is 13.0 Å². The van der Waals surface area contributed by atoms with Crippen LogP contribution in [0, 0.1) is 21.4 Å². The SMILES string of the molecule is CCCNCCNc1ncc(C#N)cc1[N+](=O)[O-]. The van der Waals surface area contributed by atoms with Crippen LogP contribution in [0.3, 0.4) is 0 Å². The van der Waals surface area contributed by atoms with Gasteiger partial charge in [-0.2, -0.15) is 5.26 Å². The van der Waals surface area contributed by atoms with Crippen LogP contribution in [0.4, 0.5) is 11.5 Å². The van der Waals surface area contributed by atoms with E-state index < -0.39 is 4.92 Å². The fourth-order valence-corrected chi connectivity index (χ4v) is 1.36. The molecule has 2 N–H and O–H groups in total. The van der Waals surface area contributed by atoms with Gasteiger partial charge in [-0.3, -0.25) is 10.1 Å². The fraction of sp³-hybridized carbons (Fsp3) is 0.455. The highest BCUT2D eigenvalue weighted by Gasteiger charge is 2.15. The maximum absolute atomic E-state index is 10.8. The molecule has 0 unspecified atom stereocenters. The first-order valence-electron chi connectivity index (χ1n) is 5.68. The lowest BCUT2D eigenvalue weighted by Gasteiger charge is -2.06. The van der Waals surface area contributed by atoms with Crippen LogP contribution in [0.1, 0.15) is 18.9 Å². The number of aromatic nitrogens is 1. The molecule has 0 saturated carbocycles. The molecule has 1 aromatic rings. The fourth-order valence-electron chi connectivity index (χ4n) is 1.36. The molecule has 0 saturated heterocycles. The van der Waals surface area contributed by atoms with Crippen molar-refractivity contribution >= 4 is 11.5 Å². The largest absolute Gasteiger partial charge is 0.363 e. The lowest BCUT2D eigenvalue weighted by atomic mass is 10.3. The van der Waals surface area contributed by atoms with E-state index in [9.17, 15) is 10.1 Å². The van der Waals surface area contributed by atoms with Crippen LogP contribution < -0.4 is 10.6 Å². The Balaban J connectivity index is 2.65. The molecular formula is C11H15N5O2. The Morgan fingerprint density at radius 2 is 2.28 bits per heavy atom.